The lowest BCUT2D eigenvalue weighted by Gasteiger charge is -2.26. The van der Waals surface area contributed by atoms with Gasteiger partial charge in [-0.15, -0.1) is 0 Å². The van der Waals surface area contributed by atoms with Crippen molar-refractivity contribution in [2.24, 2.45) is 0 Å². The van der Waals surface area contributed by atoms with Crippen LogP contribution in [-0.2, 0) is 10.0 Å². The van der Waals surface area contributed by atoms with E-state index in [9.17, 15) is 18.5 Å². The molecule has 0 aliphatic carbocycles. The van der Waals surface area contributed by atoms with Gasteiger partial charge in [0.25, 0.3) is 5.69 Å². The second-order valence-corrected chi connectivity index (χ2v) is 7.02. The van der Waals surface area contributed by atoms with Gasteiger partial charge in [0.05, 0.1) is 9.82 Å². The third-order valence-electron chi connectivity index (χ3n) is 3.47. The van der Waals surface area contributed by atoms with Gasteiger partial charge in [-0.3, -0.25) is 10.1 Å². The Morgan fingerprint density at radius 3 is 2.76 bits per heavy atom. The van der Waals surface area contributed by atoms with Gasteiger partial charge in [-0.1, -0.05) is 18.5 Å². The first kappa shape index (κ1) is 16.2. The summed E-state index contributed by atoms with van der Waals surface area (Å²) in [4.78, 5) is 10.1. The summed E-state index contributed by atoms with van der Waals surface area (Å²) < 4.78 is 26.7. The Labute approximate surface area is 128 Å². The lowest BCUT2D eigenvalue weighted by Crippen LogP contribution is -2.41. The first-order valence-electron chi connectivity index (χ1n) is 6.54. The number of rotatable bonds is 5. The fraction of sp³-hybridized carbons (Fsp3) is 0.500. The maximum atomic E-state index is 12.7. The number of benzene rings is 1. The van der Waals surface area contributed by atoms with Crippen LogP contribution in [0.15, 0.2) is 23.1 Å². The highest BCUT2D eigenvalue weighted by Gasteiger charge is 2.33. The number of halogens is 1. The number of nitrogens with zero attached hydrogens (tertiary/aromatic N) is 2. The van der Waals surface area contributed by atoms with Gasteiger partial charge in [-0.05, 0) is 25.1 Å². The predicted molar refractivity (Wildman–Crippen MR) is 78.9 cm³/mol. The summed E-state index contributed by atoms with van der Waals surface area (Å²) >= 11 is 5.72. The monoisotopic (exact) mass is 333 g/mol. The average Bonchev–Trinajstić information content (AvgIpc) is 2.93. The minimum absolute atomic E-state index is 0.0791. The zero-order valence-corrected chi connectivity index (χ0v) is 13.0. The quantitative estimate of drug-likeness (QED) is 0.653. The Bertz CT molecular complexity index is 644. The fourth-order valence-electron chi connectivity index (χ4n) is 2.44. The maximum Gasteiger partial charge on any atom is 0.289 e. The molecule has 1 aromatic carbocycles. The van der Waals surface area contributed by atoms with Crippen molar-refractivity contribution < 1.29 is 13.3 Å². The molecule has 1 heterocycles. The molecule has 0 bridgehead atoms. The summed E-state index contributed by atoms with van der Waals surface area (Å²) in [6.07, 6.45) is 0.725. The van der Waals surface area contributed by atoms with Gasteiger partial charge >= 0.3 is 0 Å². The Balaban J connectivity index is 2.42. The molecule has 2 rings (SSSR count). The Morgan fingerprint density at radius 1 is 1.52 bits per heavy atom. The molecule has 1 atom stereocenters. The average molecular weight is 334 g/mol. The number of sulfonamides is 1. The highest BCUT2D eigenvalue weighted by Crippen LogP contribution is 2.29. The molecule has 116 valence electrons. The van der Waals surface area contributed by atoms with Crippen LogP contribution < -0.4 is 5.32 Å². The maximum absolute atomic E-state index is 12.7. The van der Waals surface area contributed by atoms with E-state index in [0.717, 1.165) is 19.0 Å². The van der Waals surface area contributed by atoms with Crippen LogP contribution >= 0.6 is 11.6 Å². The van der Waals surface area contributed by atoms with Gasteiger partial charge in [-0.2, -0.15) is 4.31 Å². The zero-order chi connectivity index (χ0) is 15.6. The highest BCUT2D eigenvalue weighted by atomic mass is 35.5. The molecule has 0 radical (unpaired) electrons. The van der Waals surface area contributed by atoms with Crippen LogP contribution in [0.4, 0.5) is 5.69 Å². The molecule has 9 heteroatoms. The molecular weight excluding hydrogens is 318 g/mol. The van der Waals surface area contributed by atoms with E-state index < -0.39 is 20.6 Å². The van der Waals surface area contributed by atoms with E-state index in [1.54, 1.807) is 6.92 Å². The van der Waals surface area contributed by atoms with E-state index in [4.69, 9.17) is 11.6 Å². The van der Waals surface area contributed by atoms with Crippen molar-refractivity contribution in [1.29, 1.82) is 0 Å². The molecule has 1 aliphatic rings. The van der Waals surface area contributed by atoms with Crippen LogP contribution in [0.2, 0.25) is 5.02 Å². The van der Waals surface area contributed by atoms with Crippen LogP contribution in [0.25, 0.3) is 0 Å². The SMILES string of the molecule is CCN(C1CCNC1)S(=O)(=O)c1ccc(Cl)c([N+](=O)[O-])c1. The molecule has 1 aromatic rings. The van der Waals surface area contributed by atoms with Crippen molar-refractivity contribution in [2.45, 2.75) is 24.3 Å². The van der Waals surface area contributed by atoms with Crippen molar-refractivity contribution in [2.75, 3.05) is 19.6 Å². The van der Waals surface area contributed by atoms with E-state index in [1.807, 2.05) is 0 Å². The normalized spacial score (nSPS) is 19.1. The van der Waals surface area contributed by atoms with Crippen LogP contribution in [-0.4, -0.2) is 43.3 Å². The van der Waals surface area contributed by atoms with Gasteiger partial charge in [0.2, 0.25) is 10.0 Å². The largest absolute Gasteiger partial charge is 0.315 e. The van der Waals surface area contributed by atoms with Crippen molar-refractivity contribution in [1.82, 2.24) is 9.62 Å². The molecule has 1 N–H and O–H groups in total. The first-order chi connectivity index (χ1) is 9.87. The van der Waals surface area contributed by atoms with Crippen LogP contribution in [0.1, 0.15) is 13.3 Å². The number of nitro benzene ring substituents is 1. The van der Waals surface area contributed by atoms with Gasteiger partial charge in [-0.25, -0.2) is 8.42 Å². The van der Waals surface area contributed by atoms with Crippen molar-refractivity contribution in [3.8, 4) is 0 Å². The summed E-state index contributed by atoms with van der Waals surface area (Å²) in [7, 11) is -3.78. The molecule has 0 saturated carbocycles. The summed E-state index contributed by atoms with van der Waals surface area (Å²) in [5.74, 6) is 0. The van der Waals surface area contributed by atoms with E-state index in [1.165, 1.54) is 16.4 Å². The lowest BCUT2D eigenvalue weighted by atomic mass is 10.3. The molecule has 1 saturated heterocycles. The second-order valence-electron chi connectivity index (χ2n) is 4.73. The molecule has 1 fully saturated rings. The van der Waals surface area contributed by atoms with Gasteiger partial charge in [0, 0.05) is 25.2 Å². The van der Waals surface area contributed by atoms with E-state index >= 15 is 0 Å². The fourth-order valence-corrected chi connectivity index (χ4v) is 4.31. The topological polar surface area (TPSA) is 92.6 Å². The Kier molecular flexibility index (Phi) is 4.82. The highest BCUT2D eigenvalue weighted by molar-refractivity contribution is 7.89. The van der Waals surface area contributed by atoms with E-state index in [0.29, 0.717) is 13.1 Å². The van der Waals surface area contributed by atoms with Crippen LogP contribution in [0.5, 0.6) is 0 Å². The Hall–Kier alpha value is -1.22. The number of nitro groups is 1. The van der Waals surface area contributed by atoms with Gasteiger partial charge < -0.3 is 5.32 Å². The van der Waals surface area contributed by atoms with E-state index in [-0.39, 0.29) is 16.0 Å². The predicted octanol–water partition coefficient (Wildman–Crippen LogP) is 1.62. The summed E-state index contributed by atoms with van der Waals surface area (Å²) in [5.41, 5.74) is -0.404. The summed E-state index contributed by atoms with van der Waals surface area (Å²) in [6.45, 7) is 3.41. The third kappa shape index (κ3) is 3.18. The molecule has 0 spiro atoms. The van der Waals surface area contributed by atoms with Gasteiger partial charge in [0.15, 0.2) is 0 Å². The van der Waals surface area contributed by atoms with E-state index in [2.05, 4.69) is 5.32 Å². The minimum atomic E-state index is -3.78. The molecule has 0 amide bonds. The van der Waals surface area contributed by atoms with Crippen LogP contribution in [0, 0.1) is 10.1 Å². The number of hydrogen-bond donors (Lipinski definition) is 1. The third-order valence-corrected chi connectivity index (χ3v) is 5.82. The van der Waals surface area contributed by atoms with Crippen LogP contribution in [0.3, 0.4) is 0 Å². The van der Waals surface area contributed by atoms with Crippen molar-refractivity contribution in [3.05, 3.63) is 33.3 Å². The number of hydrogen-bond acceptors (Lipinski definition) is 5. The Morgan fingerprint density at radius 2 is 2.24 bits per heavy atom. The summed E-state index contributed by atoms with van der Waals surface area (Å²) in [6, 6.07) is 3.43. The van der Waals surface area contributed by atoms with Gasteiger partial charge in [0.1, 0.15) is 5.02 Å². The molecule has 7 nitrogen and oxygen atoms in total. The molecule has 1 aliphatic heterocycles. The molecular formula is C12H16ClN3O4S. The molecule has 1 unspecified atom stereocenters. The number of likely N-dealkylation sites (N-methyl/N-ethyl adjacent to an activating group) is 1. The lowest BCUT2D eigenvalue weighted by molar-refractivity contribution is -0.384. The van der Waals surface area contributed by atoms with Crippen molar-refractivity contribution in [3.63, 3.8) is 0 Å². The first-order valence-corrected chi connectivity index (χ1v) is 8.36. The molecule has 0 aromatic heterocycles. The summed E-state index contributed by atoms with van der Waals surface area (Å²) in [5, 5.41) is 13.9. The zero-order valence-electron chi connectivity index (χ0n) is 11.5. The standard InChI is InChI=1S/C12H16ClN3O4S/c1-2-15(9-5-6-14-8-9)21(19,20)10-3-4-11(13)12(7-10)16(17)18/h3-4,7,9,14H,2,5-6,8H2,1H3. The smallest absolute Gasteiger partial charge is 0.289 e. The van der Waals surface area contributed by atoms with Crippen molar-refractivity contribution >= 4 is 27.3 Å². The molecule has 21 heavy (non-hydrogen) atoms. The minimum Gasteiger partial charge on any atom is -0.315 e. The second kappa shape index (κ2) is 6.27. The number of nitrogens with one attached hydrogen (secondary N) is 1.